The fourth-order valence-electron chi connectivity index (χ4n) is 2.88. The minimum Gasteiger partial charge on any atom is -0.495 e. The average molecular weight is 439 g/mol. The van der Waals surface area contributed by atoms with E-state index in [4.69, 9.17) is 25.3 Å². The minimum absolute atomic E-state index is 0.0247. The molecular formula is C17H13BrClN3O4. The normalized spacial score (nSPS) is 17.1. The van der Waals surface area contributed by atoms with Gasteiger partial charge in [0, 0.05) is 24.6 Å². The largest absolute Gasteiger partial charge is 0.495 e. The van der Waals surface area contributed by atoms with Crippen LogP contribution >= 0.6 is 27.5 Å². The number of carbonyl (C=O) groups excluding carboxylic acids is 1. The molecule has 4 rings (SSSR count). The predicted octanol–water partition coefficient (Wildman–Crippen LogP) is 4.27. The summed E-state index contributed by atoms with van der Waals surface area (Å²) in [6, 6.07) is 8.72. The van der Waals surface area contributed by atoms with E-state index in [0.717, 1.165) is 0 Å². The van der Waals surface area contributed by atoms with E-state index in [-0.39, 0.29) is 17.7 Å². The molecule has 0 saturated carbocycles. The first-order valence-corrected chi connectivity index (χ1v) is 8.95. The van der Waals surface area contributed by atoms with Crippen molar-refractivity contribution in [3.63, 3.8) is 0 Å². The van der Waals surface area contributed by atoms with Crippen molar-refractivity contribution in [2.75, 3.05) is 18.6 Å². The van der Waals surface area contributed by atoms with E-state index < -0.39 is 0 Å². The molecule has 0 aliphatic carbocycles. The number of amides is 1. The number of nitrogens with zero attached hydrogens (tertiary/aromatic N) is 3. The van der Waals surface area contributed by atoms with Crippen LogP contribution in [0.4, 0.5) is 5.69 Å². The van der Waals surface area contributed by atoms with Gasteiger partial charge in [0.1, 0.15) is 5.75 Å². The van der Waals surface area contributed by atoms with Crippen molar-refractivity contribution in [1.29, 1.82) is 0 Å². The lowest BCUT2D eigenvalue weighted by Gasteiger charge is -2.17. The van der Waals surface area contributed by atoms with Crippen LogP contribution in [0.15, 0.2) is 43.9 Å². The molecule has 0 bridgehead atoms. The maximum Gasteiger partial charge on any atom is 0.293 e. The van der Waals surface area contributed by atoms with E-state index in [1.807, 2.05) is 0 Å². The smallest absolute Gasteiger partial charge is 0.293 e. The first-order chi connectivity index (χ1) is 12.5. The molecule has 7 nitrogen and oxygen atoms in total. The van der Waals surface area contributed by atoms with Crippen molar-refractivity contribution in [3.8, 4) is 17.4 Å². The molecule has 1 atom stereocenters. The molecule has 0 spiro atoms. The quantitative estimate of drug-likeness (QED) is 0.605. The van der Waals surface area contributed by atoms with Gasteiger partial charge in [0.2, 0.25) is 5.91 Å². The molecule has 3 heterocycles. The number of anilines is 1. The highest BCUT2D eigenvalue weighted by atomic mass is 79.9. The van der Waals surface area contributed by atoms with E-state index in [1.165, 1.54) is 0 Å². The molecule has 9 heteroatoms. The summed E-state index contributed by atoms with van der Waals surface area (Å²) in [6.45, 7) is 0.447. The minimum atomic E-state index is -0.167. The number of benzene rings is 1. The molecule has 1 aromatic carbocycles. The predicted molar refractivity (Wildman–Crippen MR) is 97.4 cm³/mol. The Morgan fingerprint density at radius 1 is 1.35 bits per heavy atom. The van der Waals surface area contributed by atoms with Gasteiger partial charge in [-0.1, -0.05) is 16.8 Å². The highest BCUT2D eigenvalue weighted by Crippen LogP contribution is 2.35. The topological polar surface area (TPSA) is 81.6 Å². The number of rotatable bonds is 4. The maximum absolute atomic E-state index is 12.4. The van der Waals surface area contributed by atoms with Crippen molar-refractivity contribution in [1.82, 2.24) is 10.1 Å². The summed E-state index contributed by atoms with van der Waals surface area (Å²) >= 11 is 9.40. The number of ether oxygens (including phenoxy) is 1. The average Bonchev–Trinajstić information content (AvgIpc) is 3.34. The molecule has 1 unspecified atom stereocenters. The second-order valence-electron chi connectivity index (χ2n) is 5.79. The van der Waals surface area contributed by atoms with E-state index in [9.17, 15) is 4.79 Å². The van der Waals surface area contributed by atoms with Gasteiger partial charge < -0.3 is 18.6 Å². The third-order valence-electron chi connectivity index (χ3n) is 4.16. The van der Waals surface area contributed by atoms with Gasteiger partial charge in [0.05, 0.1) is 12.1 Å². The molecule has 1 saturated heterocycles. The van der Waals surface area contributed by atoms with Crippen molar-refractivity contribution in [2.45, 2.75) is 12.3 Å². The lowest BCUT2D eigenvalue weighted by atomic mass is 10.1. The first kappa shape index (κ1) is 17.1. The van der Waals surface area contributed by atoms with Gasteiger partial charge >= 0.3 is 0 Å². The molecule has 134 valence electrons. The Bertz CT molecular complexity index is 971. The van der Waals surface area contributed by atoms with Crippen LogP contribution in [0.25, 0.3) is 11.7 Å². The molecule has 1 aliphatic rings. The van der Waals surface area contributed by atoms with Crippen LogP contribution in [0.1, 0.15) is 18.2 Å². The molecule has 1 amide bonds. The number of methoxy groups -OCH3 is 1. The number of halogens is 2. The van der Waals surface area contributed by atoms with E-state index in [2.05, 4.69) is 26.1 Å². The van der Waals surface area contributed by atoms with Crippen LogP contribution in [0, 0.1) is 0 Å². The zero-order valence-electron chi connectivity index (χ0n) is 13.6. The highest BCUT2D eigenvalue weighted by Gasteiger charge is 2.35. The van der Waals surface area contributed by atoms with Crippen molar-refractivity contribution in [2.24, 2.45) is 0 Å². The molecule has 26 heavy (non-hydrogen) atoms. The fraction of sp³-hybridized carbons (Fsp3) is 0.235. The second-order valence-corrected chi connectivity index (χ2v) is 6.97. The highest BCUT2D eigenvalue weighted by molar-refractivity contribution is 9.10. The van der Waals surface area contributed by atoms with E-state index >= 15 is 0 Å². The van der Waals surface area contributed by atoms with E-state index in [1.54, 1.807) is 42.3 Å². The Labute approximate surface area is 162 Å². The zero-order valence-corrected chi connectivity index (χ0v) is 16.0. The Morgan fingerprint density at radius 3 is 2.88 bits per heavy atom. The van der Waals surface area contributed by atoms with Crippen LogP contribution in [0.3, 0.4) is 0 Å². The fourth-order valence-corrected chi connectivity index (χ4v) is 3.44. The Morgan fingerprint density at radius 2 is 2.19 bits per heavy atom. The van der Waals surface area contributed by atoms with Crippen LogP contribution in [0.5, 0.6) is 5.75 Å². The molecule has 1 fully saturated rings. The van der Waals surface area contributed by atoms with Gasteiger partial charge in [-0.25, -0.2) is 0 Å². The summed E-state index contributed by atoms with van der Waals surface area (Å²) in [7, 11) is 1.54. The SMILES string of the molecule is COc1ccc(N2CC(c3noc(-c4ccc(Br)o4)n3)CC2=O)cc1Cl. The van der Waals surface area contributed by atoms with Gasteiger partial charge in [-0.05, 0) is 46.3 Å². The first-order valence-electron chi connectivity index (χ1n) is 7.78. The Balaban J connectivity index is 1.55. The summed E-state index contributed by atoms with van der Waals surface area (Å²) in [5.41, 5.74) is 0.710. The summed E-state index contributed by atoms with van der Waals surface area (Å²) in [5, 5.41) is 4.46. The Kier molecular flexibility index (Phi) is 4.46. The second kappa shape index (κ2) is 6.77. The van der Waals surface area contributed by atoms with Crippen molar-refractivity contribution in [3.05, 3.63) is 45.8 Å². The van der Waals surface area contributed by atoms with Crippen LogP contribution in [-0.4, -0.2) is 29.7 Å². The number of carbonyl (C=O) groups is 1. The number of hydrogen-bond acceptors (Lipinski definition) is 6. The summed E-state index contributed by atoms with van der Waals surface area (Å²) in [4.78, 5) is 18.5. The van der Waals surface area contributed by atoms with Gasteiger partial charge in [-0.2, -0.15) is 4.98 Å². The Hall–Kier alpha value is -2.32. The van der Waals surface area contributed by atoms with Gasteiger partial charge in [-0.3, -0.25) is 4.79 Å². The molecule has 2 aromatic heterocycles. The molecule has 1 aliphatic heterocycles. The number of hydrogen-bond donors (Lipinski definition) is 0. The lowest BCUT2D eigenvalue weighted by molar-refractivity contribution is -0.117. The molecule has 3 aromatic rings. The molecule has 0 N–H and O–H groups in total. The summed E-state index contributed by atoms with van der Waals surface area (Å²) < 4.78 is 16.4. The van der Waals surface area contributed by atoms with Crippen LogP contribution in [-0.2, 0) is 4.79 Å². The number of furan rings is 1. The standard InChI is InChI=1S/C17H13BrClN3O4/c1-24-12-3-2-10(7-11(12)19)22-8-9(6-15(22)23)16-20-17(26-21-16)13-4-5-14(18)25-13/h2-5,7,9H,6,8H2,1H3. The maximum atomic E-state index is 12.4. The van der Waals surface area contributed by atoms with Crippen molar-refractivity contribution < 1.29 is 18.5 Å². The summed E-state index contributed by atoms with van der Waals surface area (Å²) in [6.07, 6.45) is 0.296. The van der Waals surface area contributed by atoms with Gasteiger partial charge in [0.25, 0.3) is 5.89 Å². The monoisotopic (exact) mass is 437 g/mol. The van der Waals surface area contributed by atoms with Crippen LogP contribution in [0.2, 0.25) is 5.02 Å². The van der Waals surface area contributed by atoms with E-state index in [0.29, 0.717) is 45.7 Å². The third kappa shape index (κ3) is 3.10. The molecular weight excluding hydrogens is 426 g/mol. The number of aromatic nitrogens is 2. The van der Waals surface area contributed by atoms with Gasteiger partial charge in [0.15, 0.2) is 16.3 Å². The third-order valence-corrected chi connectivity index (χ3v) is 4.88. The molecule has 0 radical (unpaired) electrons. The summed E-state index contributed by atoms with van der Waals surface area (Å²) in [5.74, 6) is 1.60. The zero-order chi connectivity index (χ0) is 18.3. The van der Waals surface area contributed by atoms with Crippen molar-refractivity contribution >= 4 is 39.1 Å². The van der Waals surface area contributed by atoms with Crippen LogP contribution < -0.4 is 9.64 Å². The van der Waals surface area contributed by atoms with Gasteiger partial charge in [-0.15, -0.1) is 0 Å². The lowest BCUT2D eigenvalue weighted by Crippen LogP contribution is -2.24.